The number of benzene rings is 1. The molecule has 1 aromatic heterocycles. The average Bonchev–Trinajstić information content (AvgIpc) is 2.53. The van der Waals surface area contributed by atoms with Crippen LogP contribution in [0.4, 0.5) is 11.4 Å². The van der Waals surface area contributed by atoms with E-state index < -0.39 is 22.1 Å². The van der Waals surface area contributed by atoms with E-state index in [-0.39, 0.29) is 16.9 Å². The molecule has 2 rings (SSSR count). The number of amides is 1. The van der Waals surface area contributed by atoms with Crippen LogP contribution in [0.5, 0.6) is 0 Å². The van der Waals surface area contributed by atoms with Crippen molar-refractivity contribution in [2.24, 2.45) is 5.14 Å². The number of carbonyl (C=O) groups is 2. The Labute approximate surface area is 138 Å². The van der Waals surface area contributed by atoms with E-state index in [4.69, 9.17) is 5.14 Å². The van der Waals surface area contributed by atoms with Crippen molar-refractivity contribution in [3.8, 4) is 0 Å². The van der Waals surface area contributed by atoms with Crippen molar-refractivity contribution in [2.45, 2.75) is 0 Å². The third-order valence-electron chi connectivity index (χ3n) is 2.80. The minimum Gasteiger partial charge on any atom is -0.465 e. The fourth-order valence-electron chi connectivity index (χ4n) is 1.79. The number of ether oxygens (including phenoxy) is 1. The predicted molar refractivity (Wildman–Crippen MR) is 86.7 cm³/mol. The molecule has 10 heteroatoms. The summed E-state index contributed by atoms with van der Waals surface area (Å²) in [5, 5.41) is 7.44. The molecule has 4 N–H and O–H groups in total. The van der Waals surface area contributed by atoms with E-state index in [1.807, 2.05) is 0 Å². The fraction of sp³-hybridized carbons (Fsp3) is 0.0714. The van der Waals surface area contributed by atoms with Gasteiger partial charge in [0.2, 0.25) is 0 Å². The molecule has 1 heterocycles. The number of carbonyl (C=O) groups excluding carboxylic acids is 2. The zero-order valence-corrected chi connectivity index (χ0v) is 13.3. The van der Waals surface area contributed by atoms with Crippen LogP contribution in [0.3, 0.4) is 0 Å². The number of hydrogen-bond donors (Lipinski definition) is 3. The van der Waals surface area contributed by atoms with Gasteiger partial charge in [0, 0.05) is 11.9 Å². The second-order valence-corrected chi connectivity index (χ2v) is 5.90. The van der Waals surface area contributed by atoms with Crippen molar-refractivity contribution >= 4 is 33.5 Å². The van der Waals surface area contributed by atoms with Crippen LogP contribution >= 0.6 is 0 Å². The summed E-state index contributed by atoms with van der Waals surface area (Å²) in [5.74, 6) is -1.09. The van der Waals surface area contributed by atoms with Crippen LogP contribution < -0.4 is 15.2 Å². The third-order valence-corrected chi connectivity index (χ3v) is 3.32. The van der Waals surface area contributed by atoms with Gasteiger partial charge in [-0.3, -0.25) is 14.5 Å². The highest BCUT2D eigenvalue weighted by atomic mass is 32.2. The van der Waals surface area contributed by atoms with Crippen LogP contribution in [0, 0.1) is 0 Å². The van der Waals surface area contributed by atoms with Gasteiger partial charge < -0.3 is 10.1 Å². The lowest BCUT2D eigenvalue weighted by molar-refractivity contribution is 0.0600. The first-order valence-electron chi connectivity index (χ1n) is 6.55. The maximum Gasteiger partial charge on any atom is 0.339 e. The number of methoxy groups -OCH3 is 1. The summed E-state index contributed by atoms with van der Waals surface area (Å²) in [5.41, 5.74) is 0.831. The maximum absolute atomic E-state index is 12.1. The van der Waals surface area contributed by atoms with Gasteiger partial charge in [-0.2, -0.15) is 8.42 Å². The van der Waals surface area contributed by atoms with E-state index in [9.17, 15) is 18.0 Å². The highest BCUT2D eigenvalue weighted by Crippen LogP contribution is 2.16. The Balaban J connectivity index is 2.12. The summed E-state index contributed by atoms with van der Waals surface area (Å²) >= 11 is 0. The molecule has 0 atom stereocenters. The molecule has 0 aliphatic carbocycles. The van der Waals surface area contributed by atoms with Crippen molar-refractivity contribution in [1.82, 2.24) is 4.98 Å². The van der Waals surface area contributed by atoms with Gasteiger partial charge in [0.1, 0.15) is 5.69 Å². The van der Waals surface area contributed by atoms with Gasteiger partial charge in [-0.15, -0.1) is 0 Å². The standard InChI is InChI=1S/C14H14N4O5S/c1-23-14(20)9-5-6-12(16-8-9)13(19)17-10-3-2-4-11(7-10)18-24(15,21)22/h2-8,18H,1H3,(H,17,19)(H2,15,21,22). The number of rotatable bonds is 5. The molecule has 2 aromatic rings. The number of pyridine rings is 1. The Morgan fingerprint density at radius 2 is 1.88 bits per heavy atom. The molecule has 126 valence electrons. The summed E-state index contributed by atoms with van der Waals surface area (Å²) in [6.45, 7) is 0. The van der Waals surface area contributed by atoms with Gasteiger partial charge in [0.25, 0.3) is 16.1 Å². The summed E-state index contributed by atoms with van der Waals surface area (Å²) in [4.78, 5) is 27.3. The molecule has 0 fully saturated rings. The molecule has 0 aliphatic rings. The first-order valence-corrected chi connectivity index (χ1v) is 8.09. The maximum atomic E-state index is 12.1. The van der Waals surface area contributed by atoms with Crippen LogP contribution in [-0.4, -0.2) is 32.4 Å². The average molecular weight is 350 g/mol. The molecule has 0 unspecified atom stereocenters. The number of anilines is 2. The van der Waals surface area contributed by atoms with Crippen LogP contribution in [0.2, 0.25) is 0 Å². The molecule has 24 heavy (non-hydrogen) atoms. The van der Waals surface area contributed by atoms with E-state index in [2.05, 4.69) is 19.8 Å². The molecule has 1 aromatic carbocycles. The Morgan fingerprint density at radius 1 is 1.17 bits per heavy atom. The number of nitrogens with two attached hydrogens (primary N) is 1. The molecule has 0 aliphatic heterocycles. The van der Waals surface area contributed by atoms with Gasteiger partial charge in [-0.1, -0.05) is 6.07 Å². The summed E-state index contributed by atoms with van der Waals surface area (Å²) in [6.07, 6.45) is 1.22. The molecule has 0 radical (unpaired) electrons. The van der Waals surface area contributed by atoms with Crippen molar-refractivity contribution in [1.29, 1.82) is 0 Å². The van der Waals surface area contributed by atoms with Crippen molar-refractivity contribution in [3.63, 3.8) is 0 Å². The molecule has 0 saturated carbocycles. The largest absolute Gasteiger partial charge is 0.465 e. The summed E-state index contributed by atoms with van der Waals surface area (Å²) < 4.78 is 28.6. The number of aromatic nitrogens is 1. The molecular formula is C14H14N4O5S. The van der Waals surface area contributed by atoms with E-state index in [0.29, 0.717) is 5.69 Å². The topological polar surface area (TPSA) is 140 Å². The monoisotopic (exact) mass is 350 g/mol. The smallest absolute Gasteiger partial charge is 0.339 e. The highest BCUT2D eigenvalue weighted by Gasteiger charge is 2.11. The SMILES string of the molecule is COC(=O)c1ccc(C(=O)Nc2cccc(NS(N)(=O)=O)c2)nc1. The number of esters is 1. The van der Waals surface area contributed by atoms with E-state index in [0.717, 1.165) is 0 Å². The lowest BCUT2D eigenvalue weighted by atomic mass is 10.2. The van der Waals surface area contributed by atoms with E-state index >= 15 is 0 Å². The second-order valence-electron chi connectivity index (χ2n) is 4.61. The van der Waals surface area contributed by atoms with Gasteiger partial charge in [0.15, 0.2) is 0 Å². The lowest BCUT2D eigenvalue weighted by Crippen LogP contribution is -2.21. The van der Waals surface area contributed by atoms with Crippen LogP contribution in [0.15, 0.2) is 42.6 Å². The summed E-state index contributed by atoms with van der Waals surface area (Å²) in [7, 11) is -2.67. The molecular weight excluding hydrogens is 336 g/mol. The number of nitrogens with one attached hydrogen (secondary N) is 2. The van der Waals surface area contributed by atoms with Crippen molar-refractivity contribution in [2.75, 3.05) is 17.1 Å². The van der Waals surface area contributed by atoms with Gasteiger partial charge >= 0.3 is 5.97 Å². The minimum atomic E-state index is -3.91. The van der Waals surface area contributed by atoms with E-state index in [1.165, 1.54) is 43.6 Å². The zero-order valence-electron chi connectivity index (χ0n) is 12.5. The fourth-order valence-corrected chi connectivity index (χ4v) is 2.24. The third kappa shape index (κ3) is 4.76. The van der Waals surface area contributed by atoms with Crippen LogP contribution in [-0.2, 0) is 14.9 Å². The molecule has 0 spiro atoms. The molecule has 0 bridgehead atoms. The number of nitrogens with zero attached hydrogens (tertiary/aromatic N) is 1. The molecule has 0 saturated heterocycles. The lowest BCUT2D eigenvalue weighted by Gasteiger charge is -2.08. The van der Waals surface area contributed by atoms with Crippen molar-refractivity contribution < 1.29 is 22.7 Å². The van der Waals surface area contributed by atoms with Gasteiger partial charge in [0.05, 0.1) is 18.4 Å². The Hall–Kier alpha value is -2.98. The van der Waals surface area contributed by atoms with Crippen LogP contribution in [0.25, 0.3) is 0 Å². The normalized spacial score (nSPS) is 10.8. The predicted octanol–water partition coefficient (Wildman–Crippen LogP) is 0.736. The number of hydrogen-bond acceptors (Lipinski definition) is 6. The summed E-state index contributed by atoms with van der Waals surface area (Å²) in [6, 6.07) is 8.75. The quantitative estimate of drug-likeness (QED) is 0.679. The van der Waals surface area contributed by atoms with E-state index in [1.54, 1.807) is 6.07 Å². The first-order chi connectivity index (χ1) is 11.3. The minimum absolute atomic E-state index is 0.0764. The van der Waals surface area contributed by atoms with Gasteiger partial charge in [-0.05, 0) is 30.3 Å². The van der Waals surface area contributed by atoms with Crippen molar-refractivity contribution in [3.05, 3.63) is 53.9 Å². The molecule has 9 nitrogen and oxygen atoms in total. The Morgan fingerprint density at radius 3 is 2.46 bits per heavy atom. The second kappa shape index (κ2) is 7.06. The Kier molecular flexibility index (Phi) is 5.11. The zero-order chi connectivity index (χ0) is 17.7. The molecule has 1 amide bonds. The first kappa shape index (κ1) is 17.4. The Bertz CT molecular complexity index is 865. The van der Waals surface area contributed by atoms with Gasteiger partial charge in [-0.25, -0.2) is 9.93 Å². The van der Waals surface area contributed by atoms with Crippen LogP contribution in [0.1, 0.15) is 20.8 Å². The highest BCUT2D eigenvalue weighted by molar-refractivity contribution is 7.90.